The van der Waals surface area contributed by atoms with Crippen molar-refractivity contribution in [1.82, 2.24) is 4.98 Å². The van der Waals surface area contributed by atoms with Crippen LogP contribution in [-0.2, 0) is 0 Å². The molecule has 1 fully saturated rings. The Morgan fingerprint density at radius 1 is 1.54 bits per heavy atom. The molecule has 0 unspecified atom stereocenters. The normalized spacial score (nSPS) is 26.5. The number of nitrogens with one attached hydrogen (secondary N) is 1. The van der Waals surface area contributed by atoms with E-state index in [-0.39, 0.29) is 6.10 Å². The number of rotatable bonds is 2. The summed E-state index contributed by atoms with van der Waals surface area (Å²) < 4.78 is 0. The van der Waals surface area contributed by atoms with Crippen molar-refractivity contribution in [3.63, 3.8) is 0 Å². The van der Waals surface area contributed by atoms with E-state index in [9.17, 15) is 0 Å². The topological polar surface area (TPSA) is 71.2 Å². The first-order valence-corrected chi connectivity index (χ1v) is 4.40. The van der Waals surface area contributed by atoms with Crippen molar-refractivity contribution in [2.24, 2.45) is 0 Å². The van der Waals surface area contributed by atoms with E-state index in [1.165, 1.54) is 0 Å². The first-order chi connectivity index (χ1) is 6.25. The number of aliphatic hydroxyl groups is 1. The Hall–Kier alpha value is -1.29. The lowest BCUT2D eigenvalue weighted by Gasteiger charge is -2.33. The van der Waals surface area contributed by atoms with Gasteiger partial charge < -0.3 is 16.2 Å². The molecular weight excluding hydrogens is 166 g/mol. The lowest BCUT2D eigenvalue weighted by molar-refractivity contribution is 0.0837. The Kier molecular flexibility index (Phi) is 2.06. The highest BCUT2D eigenvalue weighted by Gasteiger charge is 2.27. The number of aliphatic hydroxyl groups excluding tert-OH is 1. The number of anilines is 2. The second-order valence-electron chi connectivity index (χ2n) is 3.43. The lowest BCUT2D eigenvalue weighted by atomic mass is 9.89. The molecule has 0 aromatic carbocycles. The minimum absolute atomic E-state index is 0.138. The summed E-state index contributed by atoms with van der Waals surface area (Å²) in [5, 5.41) is 12.3. The maximum absolute atomic E-state index is 9.08. The van der Waals surface area contributed by atoms with Crippen LogP contribution in [0.3, 0.4) is 0 Å². The van der Waals surface area contributed by atoms with Crippen LogP contribution in [0.25, 0.3) is 0 Å². The van der Waals surface area contributed by atoms with Gasteiger partial charge in [0, 0.05) is 12.2 Å². The zero-order chi connectivity index (χ0) is 9.26. The van der Waals surface area contributed by atoms with E-state index in [0.29, 0.717) is 11.7 Å². The van der Waals surface area contributed by atoms with Crippen molar-refractivity contribution in [3.8, 4) is 0 Å². The maximum atomic E-state index is 9.08. The molecule has 1 aliphatic rings. The third-order valence-electron chi connectivity index (χ3n) is 2.32. The van der Waals surface area contributed by atoms with E-state index in [1.54, 1.807) is 12.4 Å². The average molecular weight is 179 g/mol. The molecule has 0 radical (unpaired) electrons. The molecule has 4 heteroatoms. The van der Waals surface area contributed by atoms with Gasteiger partial charge in [0.15, 0.2) is 0 Å². The van der Waals surface area contributed by atoms with Gasteiger partial charge in [-0.15, -0.1) is 0 Å². The molecule has 0 amide bonds. The van der Waals surface area contributed by atoms with Gasteiger partial charge in [-0.2, -0.15) is 0 Å². The molecule has 1 saturated carbocycles. The number of nitrogen functional groups attached to an aromatic ring is 1. The van der Waals surface area contributed by atoms with Crippen molar-refractivity contribution in [3.05, 3.63) is 18.5 Å². The van der Waals surface area contributed by atoms with Crippen molar-refractivity contribution in [2.45, 2.75) is 25.0 Å². The van der Waals surface area contributed by atoms with Crippen LogP contribution in [-0.4, -0.2) is 22.2 Å². The molecule has 4 N–H and O–H groups in total. The van der Waals surface area contributed by atoms with Gasteiger partial charge in [-0.3, -0.25) is 4.98 Å². The largest absolute Gasteiger partial charge is 0.396 e. The number of nitrogens with zero attached hydrogens (tertiary/aromatic N) is 1. The number of nitrogens with two attached hydrogens (primary N) is 1. The first kappa shape index (κ1) is 8.31. The third-order valence-corrected chi connectivity index (χ3v) is 2.32. The van der Waals surface area contributed by atoms with Gasteiger partial charge in [-0.05, 0) is 18.9 Å². The lowest BCUT2D eigenvalue weighted by Crippen LogP contribution is -2.39. The SMILES string of the molecule is Nc1cnccc1NC1CC(O)C1. The first-order valence-electron chi connectivity index (χ1n) is 4.40. The fourth-order valence-electron chi connectivity index (χ4n) is 1.46. The maximum Gasteiger partial charge on any atom is 0.0736 e. The molecule has 0 aliphatic heterocycles. The van der Waals surface area contributed by atoms with Crippen molar-refractivity contribution >= 4 is 11.4 Å². The van der Waals surface area contributed by atoms with Crippen molar-refractivity contribution in [1.29, 1.82) is 0 Å². The number of hydrogen-bond acceptors (Lipinski definition) is 4. The number of pyridine rings is 1. The minimum Gasteiger partial charge on any atom is -0.396 e. The Bertz CT molecular complexity index is 297. The average Bonchev–Trinajstić information content (AvgIpc) is 2.06. The van der Waals surface area contributed by atoms with Crippen molar-refractivity contribution in [2.75, 3.05) is 11.1 Å². The van der Waals surface area contributed by atoms with Gasteiger partial charge in [0.2, 0.25) is 0 Å². The smallest absolute Gasteiger partial charge is 0.0736 e. The van der Waals surface area contributed by atoms with E-state index in [0.717, 1.165) is 18.5 Å². The molecule has 0 atom stereocenters. The Labute approximate surface area is 76.8 Å². The summed E-state index contributed by atoms with van der Waals surface area (Å²) in [4.78, 5) is 3.90. The number of hydrogen-bond donors (Lipinski definition) is 3. The molecular formula is C9H13N3O. The Morgan fingerprint density at radius 3 is 2.92 bits per heavy atom. The molecule has 4 nitrogen and oxygen atoms in total. The fraction of sp³-hybridized carbons (Fsp3) is 0.444. The highest BCUT2D eigenvalue weighted by Crippen LogP contribution is 2.26. The fourth-order valence-corrected chi connectivity index (χ4v) is 1.46. The van der Waals surface area contributed by atoms with Gasteiger partial charge >= 0.3 is 0 Å². The standard InChI is InChI=1S/C9H13N3O/c10-8-5-11-2-1-9(8)12-6-3-7(13)4-6/h1-2,5-7,13H,3-4,10H2,(H,11,12). The zero-order valence-corrected chi connectivity index (χ0v) is 7.27. The van der Waals surface area contributed by atoms with Crippen LogP contribution in [0, 0.1) is 0 Å². The summed E-state index contributed by atoms with van der Waals surface area (Å²) in [6.45, 7) is 0. The van der Waals surface area contributed by atoms with Crippen LogP contribution < -0.4 is 11.1 Å². The quantitative estimate of drug-likeness (QED) is 0.621. The van der Waals surface area contributed by atoms with Crippen LogP contribution in [0.2, 0.25) is 0 Å². The highest BCUT2D eigenvalue weighted by atomic mass is 16.3. The molecule has 1 aromatic heterocycles. The summed E-state index contributed by atoms with van der Waals surface area (Å²) >= 11 is 0. The highest BCUT2D eigenvalue weighted by molar-refractivity contribution is 5.64. The van der Waals surface area contributed by atoms with E-state index in [2.05, 4.69) is 10.3 Å². The van der Waals surface area contributed by atoms with E-state index < -0.39 is 0 Å². The van der Waals surface area contributed by atoms with E-state index in [4.69, 9.17) is 10.8 Å². The monoisotopic (exact) mass is 179 g/mol. The summed E-state index contributed by atoms with van der Waals surface area (Å²) in [6.07, 6.45) is 4.80. The van der Waals surface area contributed by atoms with Crippen LogP contribution in [0.1, 0.15) is 12.8 Å². The Morgan fingerprint density at radius 2 is 2.31 bits per heavy atom. The molecule has 0 bridgehead atoms. The second kappa shape index (κ2) is 3.22. The van der Waals surface area contributed by atoms with Crippen LogP contribution in [0.15, 0.2) is 18.5 Å². The summed E-state index contributed by atoms with van der Waals surface area (Å²) in [6, 6.07) is 2.21. The molecule has 13 heavy (non-hydrogen) atoms. The zero-order valence-electron chi connectivity index (χ0n) is 7.27. The minimum atomic E-state index is -0.138. The van der Waals surface area contributed by atoms with Gasteiger partial charge in [-0.1, -0.05) is 0 Å². The van der Waals surface area contributed by atoms with Crippen molar-refractivity contribution < 1.29 is 5.11 Å². The molecule has 1 aliphatic carbocycles. The Balaban J connectivity index is 1.98. The third kappa shape index (κ3) is 1.72. The summed E-state index contributed by atoms with van der Waals surface area (Å²) in [7, 11) is 0. The van der Waals surface area contributed by atoms with E-state index >= 15 is 0 Å². The molecule has 0 saturated heterocycles. The molecule has 1 heterocycles. The predicted molar refractivity (Wildman–Crippen MR) is 51.3 cm³/mol. The molecule has 70 valence electrons. The number of aromatic nitrogens is 1. The molecule has 1 aromatic rings. The van der Waals surface area contributed by atoms with E-state index in [1.807, 2.05) is 6.07 Å². The summed E-state index contributed by atoms with van der Waals surface area (Å²) in [5.74, 6) is 0. The van der Waals surface area contributed by atoms with Gasteiger partial charge in [0.05, 0.1) is 23.7 Å². The summed E-state index contributed by atoms with van der Waals surface area (Å²) in [5.41, 5.74) is 7.26. The molecule has 2 rings (SSSR count). The van der Waals surface area contributed by atoms with Crippen LogP contribution in [0.4, 0.5) is 11.4 Å². The van der Waals surface area contributed by atoms with Gasteiger partial charge in [-0.25, -0.2) is 0 Å². The van der Waals surface area contributed by atoms with Crippen LogP contribution >= 0.6 is 0 Å². The molecule has 0 spiro atoms. The van der Waals surface area contributed by atoms with Gasteiger partial charge in [0.1, 0.15) is 0 Å². The van der Waals surface area contributed by atoms with Gasteiger partial charge in [0.25, 0.3) is 0 Å². The van der Waals surface area contributed by atoms with Crippen LogP contribution in [0.5, 0.6) is 0 Å². The second-order valence-corrected chi connectivity index (χ2v) is 3.43. The predicted octanol–water partition coefficient (Wildman–Crippen LogP) is 0.599.